The van der Waals surface area contributed by atoms with Crippen LogP contribution in [0.2, 0.25) is 0 Å². The molecule has 0 saturated carbocycles. The molecule has 3 atom stereocenters. The Kier molecular flexibility index (Phi) is 5.36. The quantitative estimate of drug-likeness (QED) is 0.519. The van der Waals surface area contributed by atoms with Crippen molar-refractivity contribution in [3.05, 3.63) is 12.7 Å². The second-order valence-corrected chi connectivity index (χ2v) is 5.26. The van der Waals surface area contributed by atoms with Crippen molar-refractivity contribution in [2.75, 3.05) is 33.0 Å². The van der Waals surface area contributed by atoms with E-state index in [-0.39, 0.29) is 18.3 Å². The van der Waals surface area contributed by atoms with Gasteiger partial charge in [-0.05, 0) is 20.3 Å². The molecule has 2 fully saturated rings. The summed E-state index contributed by atoms with van der Waals surface area (Å²) in [6.45, 7) is 10.4. The fourth-order valence-corrected chi connectivity index (χ4v) is 2.42. The number of ether oxygens (including phenoxy) is 5. The van der Waals surface area contributed by atoms with Crippen LogP contribution in [0.5, 0.6) is 0 Å². The zero-order chi connectivity index (χ0) is 13.7. The molecule has 0 amide bonds. The van der Waals surface area contributed by atoms with Gasteiger partial charge in [0.25, 0.3) is 0 Å². The maximum atomic E-state index is 5.84. The van der Waals surface area contributed by atoms with Gasteiger partial charge in [-0.15, -0.1) is 6.58 Å². The molecule has 19 heavy (non-hydrogen) atoms. The first-order chi connectivity index (χ1) is 9.12. The minimum absolute atomic E-state index is 0.0406. The Balaban J connectivity index is 1.73. The largest absolute Gasteiger partial charge is 0.375 e. The Morgan fingerprint density at radius 3 is 2.89 bits per heavy atom. The fourth-order valence-electron chi connectivity index (χ4n) is 2.42. The summed E-state index contributed by atoms with van der Waals surface area (Å²) in [5, 5.41) is 0. The lowest BCUT2D eigenvalue weighted by molar-refractivity contribution is -0.161. The minimum atomic E-state index is -0.520. The second-order valence-electron chi connectivity index (χ2n) is 5.26. The lowest BCUT2D eigenvalue weighted by Gasteiger charge is -2.25. The van der Waals surface area contributed by atoms with Crippen LogP contribution < -0.4 is 0 Å². The van der Waals surface area contributed by atoms with Crippen molar-refractivity contribution in [1.29, 1.82) is 0 Å². The number of rotatable bonds is 7. The molecule has 0 aromatic carbocycles. The van der Waals surface area contributed by atoms with Crippen molar-refractivity contribution >= 4 is 0 Å². The highest BCUT2D eigenvalue weighted by molar-refractivity contribution is 4.88. The second kappa shape index (κ2) is 6.81. The molecule has 0 spiro atoms. The summed E-state index contributed by atoms with van der Waals surface area (Å²) in [5.41, 5.74) is 0. The molecule has 0 N–H and O–H groups in total. The summed E-state index contributed by atoms with van der Waals surface area (Å²) in [4.78, 5) is 0. The predicted octanol–water partition coefficient (Wildman–Crippen LogP) is 1.51. The van der Waals surface area contributed by atoms with Crippen LogP contribution in [-0.4, -0.2) is 57.1 Å². The maximum absolute atomic E-state index is 5.84. The molecule has 0 unspecified atom stereocenters. The van der Waals surface area contributed by atoms with Gasteiger partial charge >= 0.3 is 0 Å². The Morgan fingerprint density at radius 1 is 1.37 bits per heavy atom. The van der Waals surface area contributed by atoms with E-state index >= 15 is 0 Å². The first-order valence-corrected chi connectivity index (χ1v) is 6.86. The van der Waals surface area contributed by atoms with Crippen molar-refractivity contribution < 1.29 is 23.7 Å². The van der Waals surface area contributed by atoms with Crippen molar-refractivity contribution in [3.8, 4) is 0 Å². The molecule has 2 aliphatic rings. The van der Waals surface area contributed by atoms with Crippen LogP contribution in [0.3, 0.4) is 0 Å². The molecule has 5 heteroatoms. The average Bonchev–Trinajstić information content (AvgIpc) is 2.95. The third-order valence-electron chi connectivity index (χ3n) is 3.27. The van der Waals surface area contributed by atoms with E-state index in [0.29, 0.717) is 33.0 Å². The van der Waals surface area contributed by atoms with Gasteiger partial charge in [0.15, 0.2) is 5.79 Å². The van der Waals surface area contributed by atoms with Gasteiger partial charge in [-0.3, -0.25) is 0 Å². The predicted molar refractivity (Wildman–Crippen MR) is 70.0 cm³/mol. The topological polar surface area (TPSA) is 46.2 Å². The van der Waals surface area contributed by atoms with Gasteiger partial charge in [0.2, 0.25) is 0 Å². The highest BCUT2D eigenvalue weighted by Crippen LogP contribution is 2.30. The molecule has 0 aromatic rings. The number of hydrogen-bond acceptors (Lipinski definition) is 5. The summed E-state index contributed by atoms with van der Waals surface area (Å²) in [7, 11) is 0. The summed E-state index contributed by atoms with van der Waals surface area (Å²) in [6.07, 6.45) is 2.60. The fraction of sp³-hybridized carbons (Fsp3) is 0.857. The van der Waals surface area contributed by atoms with Gasteiger partial charge in [0.05, 0.1) is 32.5 Å². The molecule has 0 aliphatic carbocycles. The Morgan fingerprint density at radius 2 is 2.21 bits per heavy atom. The highest BCUT2D eigenvalue weighted by Gasteiger charge is 2.43. The monoisotopic (exact) mass is 272 g/mol. The van der Waals surface area contributed by atoms with E-state index in [9.17, 15) is 0 Å². The van der Waals surface area contributed by atoms with Crippen LogP contribution >= 0.6 is 0 Å². The van der Waals surface area contributed by atoms with Gasteiger partial charge in [0.1, 0.15) is 12.2 Å². The molecular formula is C14H24O5. The highest BCUT2D eigenvalue weighted by atomic mass is 16.8. The van der Waals surface area contributed by atoms with E-state index in [1.807, 2.05) is 13.8 Å². The lowest BCUT2D eigenvalue weighted by Crippen LogP contribution is -2.39. The summed E-state index contributed by atoms with van der Waals surface area (Å²) in [6, 6.07) is 0. The van der Waals surface area contributed by atoms with E-state index in [2.05, 4.69) is 6.58 Å². The minimum Gasteiger partial charge on any atom is -0.375 e. The van der Waals surface area contributed by atoms with Crippen LogP contribution in [-0.2, 0) is 23.7 Å². The normalized spacial score (nSPS) is 33.7. The van der Waals surface area contributed by atoms with E-state index in [1.165, 1.54) is 0 Å². The third-order valence-corrected chi connectivity index (χ3v) is 3.27. The summed E-state index contributed by atoms with van der Waals surface area (Å²) < 4.78 is 28.3. The zero-order valence-electron chi connectivity index (χ0n) is 11.8. The van der Waals surface area contributed by atoms with Crippen LogP contribution in [0, 0.1) is 0 Å². The molecule has 2 aliphatic heterocycles. The first-order valence-electron chi connectivity index (χ1n) is 6.86. The van der Waals surface area contributed by atoms with Crippen molar-refractivity contribution in [1.82, 2.24) is 0 Å². The standard InChI is InChI=1S/C14H24O5/c1-4-6-15-8-9-16-11-5-7-17-13(11)12-10-18-14(2,3)19-12/h4,11-13H,1,5-10H2,2-3H3/t11-,12-,13+/m1/s1. The van der Waals surface area contributed by atoms with Gasteiger partial charge in [-0.2, -0.15) is 0 Å². The zero-order valence-corrected chi connectivity index (χ0v) is 11.8. The number of hydrogen-bond donors (Lipinski definition) is 0. The first kappa shape index (κ1) is 14.9. The van der Waals surface area contributed by atoms with E-state index in [0.717, 1.165) is 6.42 Å². The third kappa shape index (κ3) is 4.26. The lowest BCUT2D eigenvalue weighted by atomic mass is 10.1. The molecule has 2 heterocycles. The maximum Gasteiger partial charge on any atom is 0.163 e. The van der Waals surface area contributed by atoms with Crippen LogP contribution in [0.15, 0.2) is 12.7 Å². The SMILES string of the molecule is C=CCOCCO[C@@H]1CCO[C@@H]1[C@H]1COC(C)(C)O1. The molecule has 0 bridgehead atoms. The smallest absolute Gasteiger partial charge is 0.163 e. The van der Waals surface area contributed by atoms with Gasteiger partial charge in [0, 0.05) is 6.61 Å². The molecule has 110 valence electrons. The molecule has 0 radical (unpaired) electrons. The van der Waals surface area contributed by atoms with E-state index in [4.69, 9.17) is 23.7 Å². The molecule has 2 saturated heterocycles. The van der Waals surface area contributed by atoms with Crippen molar-refractivity contribution in [2.24, 2.45) is 0 Å². The van der Waals surface area contributed by atoms with Crippen molar-refractivity contribution in [3.63, 3.8) is 0 Å². The molecular weight excluding hydrogens is 248 g/mol. The van der Waals surface area contributed by atoms with Gasteiger partial charge in [-0.1, -0.05) is 6.08 Å². The van der Waals surface area contributed by atoms with Crippen LogP contribution in [0.25, 0.3) is 0 Å². The Labute approximate surface area is 114 Å². The molecule has 2 rings (SSSR count). The average molecular weight is 272 g/mol. The molecule has 5 nitrogen and oxygen atoms in total. The summed E-state index contributed by atoms with van der Waals surface area (Å²) in [5.74, 6) is -0.520. The van der Waals surface area contributed by atoms with Crippen LogP contribution in [0.1, 0.15) is 20.3 Å². The Bertz CT molecular complexity index is 292. The van der Waals surface area contributed by atoms with Gasteiger partial charge in [-0.25, -0.2) is 0 Å². The molecule has 0 aromatic heterocycles. The van der Waals surface area contributed by atoms with Crippen molar-refractivity contribution in [2.45, 2.75) is 44.4 Å². The van der Waals surface area contributed by atoms with E-state index in [1.54, 1.807) is 6.08 Å². The Hall–Kier alpha value is -0.460. The van der Waals surface area contributed by atoms with Gasteiger partial charge < -0.3 is 23.7 Å². The van der Waals surface area contributed by atoms with E-state index < -0.39 is 5.79 Å². The summed E-state index contributed by atoms with van der Waals surface area (Å²) >= 11 is 0. The van der Waals surface area contributed by atoms with Crippen LogP contribution in [0.4, 0.5) is 0 Å².